The molecule has 2 rings (SSSR count). The molecule has 1 aliphatic heterocycles. The summed E-state index contributed by atoms with van der Waals surface area (Å²) >= 11 is 9.27. The zero-order valence-electron chi connectivity index (χ0n) is 9.45. The molecule has 3 nitrogen and oxygen atoms in total. The smallest absolute Gasteiger partial charge is 0.254 e. The number of carbonyl (C=O) groups excluding carboxylic acids is 1. The molecule has 0 radical (unpaired) electrons. The monoisotopic (exact) mass is 317 g/mol. The molecule has 0 bridgehead atoms. The maximum atomic E-state index is 12.2. The Kier molecular flexibility index (Phi) is 4.07. The Morgan fingerprint density at radius 3 is 2.88 bits per heavy atom. The third kappa shape index (κ3) is 3.00. The van der Waals surface area contributed by atoms with Crippen LogP contribution in [0.3, 0.4) is 0 Å². The largest absolute Gasteiger partial charge is 0.379 e. The summed E-state index contributed by atoms with van der Waals surface area (Å²) in [5.74, 6) is -0.0244. The molecule has 1 heterocycles. The van der Waals surface area contributed by atoms with Crippen molar-refractivity contribution in [2.45, 2.75) is 12.5 Å². The van der Waals surface area contributed by atoms with Gasteiger partial charge < -0.3 is 9.64 Å². The number of benzene rings is 1. The molecule has 1 unspecified atom stereocenters. The molecule has 1 amide bonds. The number of nitrogens with zero attached hydrogens (tertiary/aromatic N) is 1. The molecule has 1 saturated heterocycles. The van der Waals surface area contributed by atoms with E-state index in [1.807, 2.05) is 0 Å². The molecule has 1 aromatic carbocycles. The molecule has 5 heteroatoms. The van der Waals surface area contributed by atoms with Gasteiger partial charge in [0.05, 0.1) is 12.6 Å². The predicted molar refractivity (Wildman–Crippen MR) is 70.5 cm³/mol. The van der Waals surface area contributed by atoms with Crippen molar-refractivity contribution in [1.29, 1.82) is 0 Å². The molecule has 0 saturated carbocycles. The Bertz CT molecular complexity index is 412. The summed E-state index contributed by atoms with van der Waals surface area (Å²) in [5.41, 5.74) is 0.596. The SMILES string of the molecule is CN(C(=O)c1cc(Cl)cc(Br)c1)C1CCOC1. The normalized spacial score (nSPS) is 19.4. The van der Waals surface area contributed by atoms with E-state index in [0.717, 1.165) is 17.5 Å². The molecular weight excluding hydrogens is 305 g/mol. The van der Waals surface area contributed by atoms with Crippen LogP contribution in [0, 0.1) is 0 Å². The van der Waals surface area contributed by atoms with Crippen molar-refractivity contribution >= 4 is 33.4 Å². The molecule has 92 valence electrons. The van der Waals surface area contributed by atoms with Gasteiger partial charge in [-0.3, -0.25) is 4.79 Å². The Balaban J connectivity index is 2.17. The highest BCUT2D eigenvalue weighted by molar-refractivity contribution is 9.10. The lowest BCUT2D eigenvalue weighted by molar-refractivity contribution is 0.0711. The lowest BCUT2D eigenvalue weighted by Gasteiger charge is -2.23. The van der Waals surface area contributed by atoms with Crippen molar-refractivity contribution in [1.82, 2.24) is 4.90 Å². The van der Waals surface area contributed by atoms with E-state index in [2.05, 4.69) is 15.9 Å². The van der Waals surface area contributed by atoms with E-state index in [9.17, 15) is 4.79 Å². The van der Waals surface area contributed by atoms with Gasteiger partial charge in [0.25, 0.3) is 5.91 Å². The van der Waals surface area contributed by atoms with Gasteiger partial charge in [-0.05, 0) is 24.6 Å². The maximum absolute atomic E-state index is 12.2. The van der Waals surface area contributed by atoms with E-state index in [0.29, 0.717) is 17.2 Å². The third-order valence-electron chi connectivity index (χ3n) is 2.88. The molecule has 0 aromatic heterocycles. The lowest BCUT2D eigenvalue weighted by Crippen LogP contribution is -2.37. The first-order valence-electron chi connectivity index (χ1n) is 5.39. The van der Waals surface area contributed by atoms with Crippen LogP contribution in [0.25, 0.3) is 0 Å². The second kappa shape index (κ2) is 5.38. The highest BCUT2D eigenvalue weighted by Crippen LogP contribution is 2.22. The number of amides is 1. The molecule has 0 spiro atoms. The summed E-state index contributed by atoms with van der Waals surface area (Å²) < 4.78 is 6.09. The van der Waals surface area contributed by atoms with Crippen molar-refractivity contribution in [2.75, 3.05) is 20.3 Å². The fourth-order valence-electron chi connectivity index (χ4n) is 1.87. The Morgan fingerprint density at radius 2 is 2.29 bits per heavy atom. The van der Waals surface area contributed by atoms with Gasteiger partial charge in [0.15, 0.2) is 0 Å². The molecule has 1 aliphatic rings. The van der Waals surface area contributed by atoms with Gasteiger partial charge in [-0.25, -0.2) is 0 Å². The van der Waals surface area contributed by atoms with Gasteiger partial charge in [-0.15, -0.1) is 0 Å². The zero-order chi connectivity index (χ0) is 12.4. The second-order valence-corrected chi connectivity index (χ2v) is 5.44. The van der Waals surface area contributed by atoms with E-state index in [1.165, 1.54) is 0 Å². The quantitative estimate of drug-likeness (QED) is 0.839. The Hall–Kier alpha value is -0.580. The summed E-state index contributed by atoms with van der Waals surface area (Å²) in [7, 11) is 1.80. The van der Waals surface area contributed by atoms with Crippen molar-refractivity contribution in [3.8, 4) is 0 Å². The van der Waals surface area contributed by atoms with Gasteiger partial charge >= 0.3 is 0 Å². The molecular formula is C12H13BrClNO2. The van der Waals surface area contributed by atoms with Crippen LogP contribution in [0.4, 0.5) is 0 Å². The summed E-state index contributed by atoms with van der Waals surface area (Å²) in [6.07, 6.45) is 0.893. The molecule has 0 aliphatic carbocycles. The van der Waals surface area contributed by atoms with E-state index >= 15 is 0 Å². The van der Waals surface area contributed by atoms with Crippen LogP contribution in [-0.4, -0.2) is 37.1 Å². The highest BCUT2D eigenvalue weighted by Gasteiger charge is 2.25. The number of carbonyl (C=O) groups is 1. The van der Waals surface area contributed by atoms with E-state index in [-0.39, 0.29) is 11.9 Å². The Labute approximate surface area is 114 Å². The standard InChI is InChI=1S/C12H13BrClNO2/c1-15(11-2-3-17-7-11)12(16)8-4-9(13)6-10(14)5-8/h4-6,11H,2-3,7H2,1H3. The number of likely N-dealkylation sites (N-methyl/N-ethyl adjacent to an activating group) is 1. The number of hydrogen-bond acceptors (Lipinski definition) is 2. The minimum atomic E-state index is -0.0244. The maximum Gasteiger partial charge on any atom is 0.254 e. The highest BCUT2D eigenvalue weighted by atomic mass is 79.9. The van der Waals surface area contributed by atoms with Gasteiger partial charge in [0.2, 0.25) is 0 Å². The third-order valence-corrected chi connectivity index (χ3v) is 3.56. The van der Waals surface area contributed by atoms with Crippen molar-refractivity contribution in [2.24, 2.45) is 0 Å². The number of rotatable bonds is 2. The van der Waals surface area contributed by atoms with Crippen LogP contribution in [0.1, 0.15) is 16.8 Å². The number of halogens is 2. The summed E-state index contributed by atoms with van der Waals surface area (Å²) in [5, 5.41) is 0.554. The predicted octanol–water partition coefficient (Wildman–Crippen LogP) is 2.96. The molecule has 0 N–H and O–H groups in total. The van der Waals surface area contributed by atoms with Crippen LogP contribution in [0.5, 0.6) is 0 Å². The summed E-state index contributed by atoms with van der Waals surface area (Å²) in [4.78, 5) is 14.0. The van der Waals surface area contributed by atoms with Crippen LogP contribution < -0.4 is 0 Å². The minimum Gasteiger partial charge on any atom is -0.379 e. The molecule has 1 fully saturated rings. The van der Waals surface area contributed by atoms with E-state index < -0.39 is 0 Å². The van der Waals surface area contributed by atoms with Crippen LogP contribution in [0.15, 0.2) is 22.7 Å². The van der Waals surface area contributed by atoms with Crippen molar-refractivity contribution < 1.29 is 9.53 Å². The second-order valence-electron chi connectivity index (χ2n) is 4.09. The van der Waals surface area contributed by atoms with Gasteiger partial charge in [-0.2, -0.15) is 0 Å². The summed E-state index contributed by atoms with van der Waals surface area (Å²) in [6, 6.07) is 5.39. The first-order chi connectivity index (χ1) is 8.08. The zero-order valence-corrected chi connectivity index (χ0v) is 11.8. The van der Waals surface area contributed by atoms with Crippen LogP contribution in [0.2, 0.25) is 5.02 Å². The van der Waals surface area contributed by atoms with E-state index in [1.54, 1.807) is 30.1 Å². The van der Waals surface area contributed by atoms with Crippen molar-refractivity contribution in [3.63, 3.8) is 0 Å². The van der Waals surface area contributed by atoms with Gasteiger partial charge in [0, 0.05) is 28.7 Å². The fraction of sp³-hybridized carbons (Fsp3) is 0.417. The number of hydrogen-bond donors (Lipinski definition) is 0. The summed E-state index contributed by atoms with van der Waals surface area (Å²) in [6.45, 7) is 1.34. The topological polar surface area (TPSA) is 29.5 Å². The average Bonchev–Trinajstić information content (AvgIpc) is 2.79. The first-order valence-corrected chi connectivity index (χ1v) is 6.56. The molecule has 1 atom stereocenters. The van der Waals surface area contributed by atoms with Gasteiger partial charge in [0.1, 0.15) is 0 Å². The van der Waals surface area contributed by atoms with Gasteiger partial charge in [-0.1, -0.05) is 27.5 Å². The first kappa shape index (κ1) is 12.9. The fourth-order valence-corrected chi connectivity index (χ4v) is 2.73. The van der Waals surface area contributed by atoms with Crippen molar-refractivity contribution in [3.05, 3.63) is 33.3 Å². The van der Waals surface area contributed by atoms with Crippen LogP contribution >= 0.6 is 27.5 Å². The minimum absolute atomic E-state index is 0.0244. The number of ether oxygens (including phenoxy) is 1. The van der Waals surface area contributed by atoms with Crippen LogP contribution in [-0.2, 0) is 4.74 Å². The molecule has 1 aromatic rings. The lowest BCUT2D eigenvalue weighted by atomic mass is 10.1. The Morgan fingerprint density at radius 1 is 1.53 bits per heavy atom. The van der Waals surface area contributed by atoms with E-state index in [4.69, 9.17) is 16.3 Å². The molecule has 17 heavy (non-hydrogen) atoms. The average molecular weight is 319 g/mol.